The quantitative estimate of drug-likeness (QED) is 0.848. The number of carbonyl (C=O) groups is 1. The molecule has 0 saturated carbocycles. The summed E-state index contributed by atoms with van der Waals surface area (Å²) < 4.78 is 0. The first-order valence-electron chi connectivity index (χ1n) is 7.84. The highest BCUT2D eigenvalue weighted by atomic mass is 16.1. The van der Waals surface area contributed by atoms with Gasteiger partial charge in [-0.15, -0.1) is 0 Å². The molecule has 0 bridgehead atoms. The Hall–Kier alpha value is -2.29. The number of fused-ring (bicyclic) bond motifs is 1. The third-order valence-electron chi connectivity index (χ3n) is 4.09. The molecule has 2 aromatic carbocycles. The van der Waals surface area contributed by atoms with Crippen molar-refractivity contribution in [2.24, 2.45) is 0 Å². The summed E-state index contributed by atoms with van der Waals surface area (Å²) >= 11 is 0. The zero-order chi connectivity index (χ0) is 15.7. The molecule has 0 unspecified atom stereocenters. The van der Waals surface area contributed by atoms with Gasteiger partial charge >= 0.3 is 0 Å². The first kappa shape index (κ1) is 14.6. The molecule has 1 atom stereocenters. The molecular weight excluding hydrogens is 272 g/mol. The SMILES string of the molecule is CC(C)c1cccc(-c2cccc3c2N[C@H](C)CC(=O)N3)c1. The number of para-hydroxylation sites is 1. The van der Waals surface area contributed by atoms with E-state index in [0.29, 0.717) is 12.3 Å². The van der Waals surface area contributed by atoms with Crippen LogP contribution >= 0.6 is 0 Å². The highest BCUT2D eigenvalue weighted by Gasteiger charge is 2.20. The van der Waals surface area contributed by atoms with E-state index in [4.69, 9.17) is 0 Å². The maximum atomic E-state index is 11.9. The molecule has 1 amide bonds. The van der Waals surface area contributed by atoms with Gasteiger partial charge in [0.25, 0.3) is 0 Å². The topological polar surface area (TPSA) is 41.1 Å². The molecule has 114 valence electrons. The van der Waals surface area contributed by atoms with Crippen LogP contribution in [0.25, 0.3) is 11.1 Å². The van der Waals surface area contributed by atoms with E-state index in [1.54, 1.807) is 0 Å². The van der Waals surface area contributed by atoms with Crippen LogP contribution in [0.4, 0.5) is 11.4 Å². The number of rotatable bonds is 2. The number of carbonyl (C=O) groups excluding carboxylic acids is 1. The van der Waals surface area contributed by atoms with Gasteiger partial charge in [0, 0.05) is 18.0 Å². The Morgan fingerprint density at radius 1 is 1.14 bits per heavy atom. The van der Waals surface area contributed by atoms with Crippen molar-refractivity contribution in [2.45, 2.75) is 39.2 Å². The summed E-state index contributed by atoms with van der Waals surface area (Å²) in [6.45, 7) is 6.44. The van der Waals surface area contributed by atoms with Crippen molar-refractivity contribution < 1.29 is 4.79 Å². The van der Waals surface area contributed by atoms with E-state index in [9.17, 15) is 4.79 Å². The number of benzene rings is 2. The molecular formula is C19H22N2O. The number of hydrogen-bond donors (Lipinski definition) is 2. The molecule has 2 N–H and O–H groups in total. The van der Waals surface area contributed by atoms with Crippen LogP contribution in [0.1, 0.15) is 38.7 Å². The molecule has 0 radical (unpaired) electrons. The third-order valence-corrected chi connectivity index (χ3v) is 4.09. The van der Waals surface area contributed by atoms with Crippen LogP contribution in [0.15, 0.2) is 42.5 Å². The van der Waals surface area contributed by atoms with Gasteiger partial charge in [0.1, 0.15) is 0 Å². The molecule has 3 rings (SSSR count). The molecule has 0 fully saturated rings. The predicted molar refractivity (Wildman–Crippen MR) is 92.3 cm³/mol. The third kappa shape index (κ3) is 2.84. The fourth-order valence-corrected chi connectivity index (χ4v) is 2.89. The molecule has 3 heteroatoms. The lowest BCUT2D eigenvalue weighted by molar-refractivity contribution is -0.116. The zero-order valence-corrected chi connectivity index (χ0v) is 13.3. The Kier molecular flexibility index (Phi) is 3.88. The van der Waals surface area contributed by atoms with Crippen LogP contribution in [0.3, 0.4) is 0 Å². The molecule has 1 aliphatic rings. The van der Waals surface area contributed by atoms with Crippen molar-refractivity contribution in [1.29, 1.82) is 0 Å². The number of nitrogens with one attached hydrogen (secondary N) is 2. The first-order chi connectivity index (χ1) is 10.5. The van der Waals surface area contributed by atoms with E-state index in [2.05, 4.69) is 54.8 Å². The summed E-state index contributed by atoms with van der Waals surface area (Å²) in [5, 5.41) is 6.48. The monoisotopic (exact) mass is 294 g/mol. The van der Waals surface area contributed by atoms with Crippen LogP contribution in [0.2, 0.25) is 0 Å². The predicted octanol–water partition coefficient (Wildman–Crippen LogP) is 4.62. The van der Waals surface area contributed by atoms with Gasteiger partial charge in [0.15, 0.2) is 0 Å². The van der Waals surface area contributed by atoms with Gasteiger partial charge in [0.05, 0.1) is 11.4 Å². The van der Waals surface area contributed by atoms with E-state index in [1.165, 1.54) is 11.1 Å². The minimum atomic E-state index is 0.0619. The highest BCUT2D eigenvalue weighted by molar-refractivity contribution is 6.00. The second-order valence-corrected chi connectivity index (χ2v) is 6.31. The smallest absolute Gasteiger partial charge is 0.226 e. The Balaban J connectivity index is 2.11. The van der Waals surface area contributed by atoms with Crippen molar-refractivity contribution in [3.05, 3.63) is 48.0 Å². The normalized spacial score (nSPS) is 17.5. The summed E-state index contributed by atoms with van der Waals surface area (Å²) in [6.07, 6.45) is 0.486. The van der Waals surface area contributed by atoms with Crippen molar-refractivity contribution in [3.63, 3.8) is 0 Å². The first-order valence-corrected chi connectivity index (χ1v) is 7.84. The Bertz CT molecular complexity index is 706. The lowest BCUT2D eigenvalue weighted by atomic mass is 9.96. The van der Waals surface area contributed by atoms with E-state index in [0.717, 1.165) is 16.9 Å². The second-order valence-electron chi connectivity index (χ2n) is 6.31. The van der Waals surface area contributed by atoms with E-state index in [1.807, 2.05) is 19.1 Å². The average Bonchev–Trinajstić information content (AvgIpc) is 2.63. The molecule has 3 nitrogen and oxygen atoms in total. The van der Waals surface area contributed by atoms with E-state index >= 15 is 0 Å². The maximum absolute atomic E-state index is 11.9. The van der Waals surface area contributed by atoms with Gasteiger partial charge in [-0.05, 0) is 30.0 Å². The van der Waals surface area contributed by atoms with Gasteiger partial charge in [-0.1, -0.05) is 50.2 Å². The molecule has 1 aliphatic heterocycles. The summed E-state index contributed by atoms with van der Waals surface area (Å²) in [4.78, 5) is 11.9. The molecule has 1 heterocycles. The van der Waals surface area contributed by atoms with Crippen LogP contribution in [0.5, 0.6) is 0 Å². The zero-order valence-electron chi connectivity index (χ0n) is 13.3. The standard InChI is InChI=1S/C19H22N2O/c1-12(2)14-6-4-7-15(11-14)16-8-5-9-17-19(16)20-13(3)10-18(22)21-17/h4-9,11-13,20H,10H2,1-3H3,(H,21,22)/t13-/m1/s1. The van der Waals surface area contributed by atoms with Gasteiger partial charge in [0.2, 0.25) is 5.91 Å². The summed E-state index contributed by atoms with van der Waals surface area (Å²) in [7, 11) is 0. The fraction of sp³-hybridized carbons (Fsp3) is 0.316. The minimum Gasteiger partial charge on any atom is -0.380 e. The number of amides is 1. The Morgan fingerprint density at radius 3 is 2.68 bits per heavy atom. The summed E-state index contributed by atoms with van der Waals surface area (Å²) in [5.41, 5.74) is 5.51. The fourth-order valence-electron chi connectivity index (χ4n) is 2.89. The molecule has 0 saturated heterocycles. The molecule has 0 spiro atoms. The number of anilines is 2. The molecule has 0 aromatic heterocycles. The van der Waals surface area contributed by atoms with Crippen molar-refractivity contribution >= 4 is 17.3 Å². The molecule has 0 aliphatic carbocycles. The lowest BCUT2D eigenvalue weighted by Gasteiger charge is -2.17. The lowest BCUT2D eigenvalue weighted by Crippen LogP contribution is -2.19. The van der Waals surface area contributed by atoms with Crippen LogP contribution in [-0.2, 0) is 4.79 Å². The molecule has 2 aromatic rings. The molecule has 22 heavy (non-hydrogen) atoms. The minimum absolute atomic E-state index is 0.0619. The van der Waals surface area contributed by atoms with Gasteiger partial charge in [-0.25, -0.2) is 0 Å². The van der Waals surface area contributed by atoms with Gasteiger partial charge < -0.3 is 10.6 Å². The van der Waals surface area contributed by atoms with E-state index < -0.39 is 0 Å². The highest BCUT2D eigenvalue weighted by Crippen LogP contribution is 2.37. The van der Waals surface area contributed by atoms with Crippen molar-refractivity contribution in [2.75, 3.05) is 10.6 Å². The Labute approximate surface area is 131 Å². The average molecular weight is 294 g/mol. The van der Waals surface area contributed by atoms with E-state index in [-0.39, 0.29) is 11.9 Å². The van der Waals surface area contributed by atoms with Gasteiger partial charge in [-0.3, -0.25) is 4.79 Å². The van der Waals surface area contributed by atoms with Crippen molar-refractivity contribution in [1.82, 2.24) is 0 Å². The maximum Gasteiger partial charge on any atom is 0.226 e. The second kappa shape index (κ2) is 5.84. The van der Waals surface area contributed by atoms with Crippen molar-refractivity contribution in [3.8, 4) is 11.1 Å². The van der Waals surface area contributed by atoms with Gasteiger partial charge in [-0.2, -0.15) is 0 Å². The summed E-state index contributed by atoms with van der Waals surface area (Å²) in [5.74, 6) is 0.556. The Morgan fingerprint density at radius 2 is 1.91 bits per heavy atom. The van der Waals surface area contributed by atoms with Crippen LogP contribution in [0, 0.1) is 0 Å². The number of hydrogen-bond acceptors (Lipinski definition) is 2. The largest absolute Gasteiger partial charge is 0.380 e. The summed E-state index contributed by atoms with van der Waals surface area (Å²) in [6, 6.07) is 14.8. The van der Waals surface area contributed by atoms with Crippen LogP contribution in [-0.4, -0.2) is 11.9 Å². The van der Waals surface area contributed by atoms with Crippen LogP contribution < -0.4 is 10.6 Å².